The Kier molecular flexibility index (Phi) is 6.33. The van der Waals surface area contributed by atoms with Gasteiger partial charge in [0.05, 0.1) is 12.8 Å². The van der Waals surface area contributed by atoms with E-state index in [1.807, 2.05) is 41.8 Å². The van der Waals surface area contributed by atoms with Crippen LogP contribution in [0.3, 0.4) is 0 Å². The molecule has 0 aliphatic heterocycles. The predicted octanol–water partition coefficient (Wildman–Crippen LogP) is 3.51. The lowest BCUT2D eigenvalue weighted by atomic mass is 10.1. The maximum Gasteiger partial charge on any atom is 0.220 e. The summed E-state index contributed by atoms with van der Waals surface area (Å²) in [5, 5.41) is 5.94. The number of carbonyl (C=O) groups is 1. The third-order valence-electron chi connectivity index (χ3n) is 3.98. The first-order valence-corrected chi connectivity index (χ1v) is 9.37. The minimum Gasteiger partial charge on any atom is -0.497 e. The summed E-state index contributed by atoms with van der Waals surface area (Å²) in [6.07, 6.45) is 5.41. The van der Waals surface area contributed by atoms with Gasteiger partial charge in [-0.1, -0.05) is 12.1 Å². The van der Waals surface area contributed by atoms with Gasteiger partial charge in [0.25, 0.3) is 0 Å². The number of thiazole rings is 1. The number of nitrogens with one attached hydrogen (secondary N) is 1. The SMILES string of the molecule is COc1ccc(CCNC(=O)CCc2csc(-c3ccncc3)n2)cc1. The molecule has 134 valence electrons. The number of hydrogen-bond donors (Lipinski definition) is 1. The van der Waals surface area contributed by atoms with E-state index in [9.17, 15) is 4.79 Å². The molecule has 0 aliphatic rings. The van der Waals surface area contributed by atoms with Gasteiger partial charge in [-0.05, 0) is 42.7 Å². The molecule has 1 aromatic carbocycles. The molecule has 1 amide bonds. The van der Waals surface area contributed by atoms with Gasteiger partial charge in [0.1, 0.15) is 10.8 Å². The number of carbonyl (C=O) groups excluding carboxylic acids is 1. The average molecular weight is 367 g/mol. The smallest absolute Gasteiger partial charge is 0.220 e. The fraction of sp³-hybridized carbons (Fsp3) is 0.250. The third-order valence-corrected chi connectivity index (χ3v) is 4.92. The second-order valence-electron chi connectivity index (χ2n) is 5.83. The summed E-state index contributed by atoms with van der Waals surface area (Å²) >= 11 is 1.59. The van der Waals surface area contributed by atoms with Crippen LogP contribution in [0.1, 0.15) is 17.7 Å². The van der Waals surface area contributed by atoms with Crippen LogP contribution in [-0.4, -0.2) is 29.5 Å². The Balaban J connectivity index is 1.40. The van der Waals surface area contributed by atoms with Crippen LogP contribution in [0, 0.1) is 0 Å². The van der Waals surface area contributed by atoms with Crippen LogP contribution in [0.4, 0.5) is 0 Å². The molecular weight excluding hydrogens is 346 g/mol. The van der Waals surface area contributed by atoms with Crippen LogP contribution in [0.15, 0.2) is 54.2 Å². The van der Waals surface area contributed by atoms with Crippen molar-refractivity contribution >= 4 is 17.2 Å². The van der Waals surface area contributed by atoms with Crippen molar-refractivity contribution in [2.24, 2.45) is 0 Å². The number of benzene rings is 1. The molecule has 2 aromatic heterocycles. The highest BCUT2D eigenvalue weighted by Crippen LogP contribution is 2.23. The van der Waals surface area contributed by atoms with E-state index < -0.39 is 0 Å². The van der Waals surface area contributed by atoms with Crippen LogP contribution in [0.25, 0.3) is 10.6 Å². The summed E-state index contributed by atoms with van der Waals surface area (Å²) in [7, 11) is 1.65. The van der Waals surface area contributed by atoms with Gasteiger partial charge in [-0.15, -0.1) is 11.3 Å². The van der Waals surface area contributed by atoms with E-state index in [1.165, 1.54) is 5.56 Å². The van der Waals surface area contributed by atoms with Crippen molar-refractivity contribution in [1.82, 2.24) is 15.3 Å². The summed E-state index contributed by atoms with van der Waals surface area (Å²) in [5.74, 6) is 0.893. The number of ether oxygens (including phenoxy) is 1. The largest absolute Gasteiger partial charge is 0.497 e. The molecular formula is C20H21N3O2S. The number of amides is 1. The third kappa shape index (κ3) is 5.13. The fourth-order valence-corrected chi connectivity index (χ4v) is 3.38. The topological polar surface area (TPSA) is 64.1 Å². The molecule has 2 heterocycles. The van der Waals surface area contributed by atoms with Gasteiger partial charge < -0.3 is 10.1 Å². The molecule has 0 bridgehead atoms. The van der Waals surface area contributed by atoms with Gasteiger partial charge in [-0.2, -0.15) is 0 Å². The number of rotatable bonds is 8. The lowest BCUT2D eigenvalue weighted by Crippen LogP contribution is -2.25. The minimum absolute atomic E-state index is 0.0528. The van der Waals surface area contributed by atoms with Gasteiger partial charge in [0.2, 0.25) is 5.91 Å². The zero-order chi connectivity index (χ0) is 18.2. The van der Waals surface area contributed by atoms with Crippen LogP contribution >= 0.6 is 11.3 Å². The molecule has 0 atom stereocenters. The van der Waals surface area contributed by atoms with Crippen molar-refractivity contribution in [2.75, 3.05) is 13.7 Å². The summed E-state index contributed by atoms with van der Waals surface area (Å²) in [6, 6.07) is 11.8. The molecule has 26 heavy (non-hydrogen) atoms. The zero-order valence-electron chi connectivity index (χ0n) is 14.6. The van der Waals surface area contributed by atoms with Crippen LogP contribution in [-0.2, 0) is 17.6 Å². The van der Waals surface area contributed by atoms with E-state index in [4.69, 9.17) is 4.74 Å². The fourth-order valence-electron chi connectivity index (χ4n) is 2.52. The Hall–Kier alpha value is -2.73. The highest BCUT2D eigenvalue weighted by Gasteiger charge is 2.07. The normalized spacial score (nSPS) is 10.5. The highest BCUT2D eigenvalue weighted by atomic mass is 32.1. The molecule has 0 fully saturated rings. The molecule has 0 saturated carbocycles. The van der Waals surface area contributed by atoms with E-state index in [2.05, 4.69) is 15.3 Å². The van der Waals surface area contributed by atoms with Crippen molar-refractivity contribution in [3.63, 3.8) is 0 Å². The highest BCUT2D eigenvalue weighted by molar-refractivity contribution is 7.13. The Morgan fingerprint density at radius 2 is 1.88 bits per heavy atom. The lowest BCUT2D eigenvalue weighted by molar-refractivity contribution is -0.121. The predicted molar refractivity (Wildman–Crippen MR) is 103 cm³/mol. The first kappa shape index (κ1) is 18.1. The number of aromatic nitrogens is 2. The number of nitrogens with zero attached hydrogens (tertiary/aromatic N) is 2. The molecule has 3 aromatic rings. The average Bonchev–Trinajstić information content (AvgIpc) is 3.17. The first-order chi connectivity index (χ1) is 12.7. The Morgan fingerprint density at radius 1 is 1.12 bits per heavy atom. The molecule has 0 radical (unpaired) electrons. The van der Waals surface area contributed by atoms with Crippen molar-refractivity contribution in [3.8, 4) is 16.3 Å². The quantitative estimate of drug-likeness (QED) is 0.662. The van der Waals surface area contributed by atoms with Gasteiger partial charge >= 0.3 is 0 Å². The molecule has 0 unspecified atom stereocenters. The van der Waals surface area contributed by atoms with E-state index in [0.29, 0.717) is 19.4 Å². The molecule has 0 saturated heterocycles. The number of methoxy groups -OCH3 is 1. The van der Waals surface area contributed by atoms with Crippen molar-refractivity contribution in [2.45, 2.75) is 19.3 Å². The van der Waals surface area contributed by atoms with Crippen LogP contribution in [0.2, 0.25) is 0 Å². The summed E-state index contributed by atoms with van der Waals surface area (Å²) in [5.41, 5.74) is 3.18. The van der Waals surface area contributed by atoms with Gasteiger partial charge in [0, 0.05) is 36.3 Å². The minimum atomic E-state index is 0.0528. The number of pyridine rings is 1. The summed E-state index contributed by atoms with van der Waals surface area (Å²) in [4.78, 5) is 20.6. The molecule has 6 heteroatoms. The molecule has 0 spiro atoms. The van der Waals surface area contributed by atoms with Crippen molar-refractivity contribution in [3.05, 3.63) is 65.4 Å². The van der Waals surface area contributed by atoms with Crippen molar-refractivity contribution in [1.29, 1.82) is 0 Å². The number of aryl methyl sites for hydroxylation is 1. The Labute approximate surface area is 157 Å². The molecule has 1 N–H and O–H groups in total. The lowest BCUT2D eigenvalue weighted by Gasteiger charge is -2.06. The van der Waals surface area contributed by atoms with E-state index in [0.717, 1.165) is 28.4 Å². The monoisotopic (exact) mass is 367 g/mol. The van der Waals surface area contributed by atoms with Gasteiger partial charge in [-0.3, -0.25) is 9.78 Å². The van der Waals surface area contributed by atoms with Crippen LogP contribution < -0.4 is 10.1 Å². The second kappa shape index (κ2) is 9.10. The van der Waals surface area contributed by atoms with Gasteiger partial charge in [0.15, 0.2) is 0 Å². The standard InChI is InChI=1S/C20H21N3O2S/c1-25-18-5-2-15(3-6-18)8-13-22-19(24)7-4-17-14-26-20(23-17)16-9-11-21-12-10-16/h2-3,5-6,9-12,14H,4,7-8,13H2,1H3,(H,22,24). The van der Waals surface area contributed by atoms with E-state index >= 15 is 0 Å². The molecule has 3 rings (SSSR count). The van der Waals surface area contributed by atoms with Crippen LogP contribution in [0.5, 0.6) is 5.75 Å². The molecule has 5 nitrogen and oxygen atoms in total. The van der Waals surface area contributed by atoms with Gasteiger partial charge in [-0.25, -0.2) is 4.98 Å². The molecule has 0 aliphatic carbocycles. The second-order valence-corrected chi connectivity index (χ2v) is 6.69. The van der Waals surface area contributed by atoms with Crippen molar-refractivity contribution < 1.29 is 9.53 Å². The van der Waals surface area contributed by atoms with E-state index in [1.54, 1.807) is 30.8 Å². The Bertz CT molecular complexity index is 832. The Morgan fingerprint density at radius 3 is 2.62 bits per heavy atom. The zero-order valence-corrected chi connectivity index (χ0v) is 15.5. The van der Waals surface area contributed by atoms with E-state index in [-0.39, 0.29) is 5.91 Å². The summed E-state index contributed by atoms with van der Waals surface area (Å²) in [6.45, 7) is 0.629. The maximum absolute atomic E-state index is 12.0. The maximum atomic E-state index is 12.0. The summed E-state index contributed by atoms with van der Waals surface area (Å²) < 4.78 is 5.14. The number of hydrogen-bond acceptors (Lipinski definition) is 5. The first-order valence-electron chi connectivity index (χ1n) is 8.49.